The number of thioether (sulfide) groups is 1. The summed E-state index contributed by atoms with van der Waals surface area (Å²) in [6.45, 7) is 4.03. The second-order valence-electron chi connectivity index (χ2n) is 3.82. The van der Waals surface area contributed by atoms with E-state index in [0.717, 1.165) is 22.0 Å². The molecule has 0 saturated carbocycles. The van der Waals surface area contributed by atoms with Crippen LogP contribution in [0.3, 0.4) is 0 Å². The second kappa shape index (κ2) is 5.43. The maximum atomic E-state index is 10.2. The zero-order valence-corrected chi connectivity index (χ0v) is 10.8. The van der Waals surface area contributed by atoms with E-state index in [1.807, 2.05) is 43.3 Å². The topological polar surface area (TPSA) is 33.4 Å². The van der Waals surface area contributed by atoms with Gasteiger partial charge in [0.15, 0.2) is 0 Å². The van der Waals surface area contributed by atoms with Gasteiger partial charge in [0.25, 0.3) is 0 Å². The zero-order valence-electron chi connectivity index (χ0n) is 10.0. The molecule has 0 aliphatic carbocycles. The van der Waals surface area contributed by atoms with E-state index in [2.05, 4.69) is 6.92 Å². The van der Waals surface area contributed by atoms with E-state index in [4.69, 9.17) is 4.42 Å². The van der Waals surface area contributed by atoms with Crippen LogP contribution in [0.2, 0.25) is 0 Å². The van der Waals surface area contributed by atoms with Crippen LogP contribution in [0.4, 0.5) is 0 Å². The van der Waals surface area contributed by atoms with Crippen molar-refractivity contribution in [2.45, 2.75) is 24.8 Å². The molecule has 2 rings (SSSR count). The average Bonchev–Trinajstić information content (AvgIpc) is 2.72. The van der Waals surface area contributed by atoms with Crippen molar-refractivity contribution in [3.63, 3.8) is 0 Å². The molecule has 0 fully saturated rings. The van der Waals surface area contributed by atoms with Gasteiger partial charge in [0, 0.05) is 4.90 Å². The Balaban J connectivity index is 2.25. The Morgan fingerprint density at radius 3 is 2.65 bits per heavy atom. The van der Waals surface area contributed by atoms with Crippen molar-refractivity contribution >= 4 is 11.8 Å². The Hall–Kier alpha value is -1.19. The minimum atomic E-state index is -0.680. The molecule has 0 aliphatic heterocycles. The molecule has 90 valence electrons. The van der Waals surface area contributed by atoms with E-state index in [9.17, 15) is 5.11 Å². The number of hydrogen-bond donors (Lipinski definition) is 1. The molecule has 0 spiro atoms. The Morgan fingerprint density at radius 1 is 1.29 bits per heavy atom. The number of benzene rings is 1. The maximum absolute atomic E-state index is 10.2. The predicted molar refractivity (Wildman–Crippen MR) is 70.3 cm³/mol. The van der Waals surface area contributed by atoms with Crippen molar-refractivity contribution in [3.05, 3.63) is 53.5 Å². The SMILES string of the molecule is CCSc1cc(C(O)c2ccccc2)oc1C. The smallest absolute Gasteiger partial charge is 0.138 e. The summed E-state index contributed by atoms with van der Waals surface area (Å²) in [5.74, 6) is 2.49. The number of rotatable bonds is 4. The van der Waals surface area contributed by atoms with Crippen LogP contribution in [0.25, 0.3) is 0 Å². The van der Waals surface area contributed by atoms with Gasteiger partial charge in [-0.05, 0) is 24.3 Å². The first-order valence-corrected chi connectivity index (χ1v) is 6.67. The summed E-state index contributed by atoms with van der Waals surface area (Å²) >= 11 is 1.73. The summed E-state index contributed by atoms with van der Waals surface area (Å²) in [5, 5.41) is 10.2. The number of furan rings is 1. The molecular weight excluding hydrogens is 232 g/mol. The van der Waals surface area contributed by atoms with Gasteiger partial charge in [-0.2, -0.15) is 0 Å². The largest absolute Gasteiger partial charge is 0.462 e. The van der Waals surface area contributed by atoms with E-state index < -0.39 is 6.10 Å². The first-order chi connectivity index (χ1) is 8.22. The third-order valence-corrected chi connectivity index (χ3v) is 3.58. The Labute approximate surface area is 106 Å². The molecule has 1 N–H and O–H groups in total. The molecular formula is C14H16O2S. The lowest BCUT2D eigenvalue weighted by molar-refractivity contribution is 0.187. The van der Waals surface area contributed by atoms with Gasteiger partial charge in [-0.3, -0.25) is 0 Å². The molecule has 0 bridgehead atoms. The molecule has 0 aliphatic rings. The molecule has 1 aromatic carbocycles. The fourth-order valence-electron chi connectivity index (χ4n) is 1.72. The first kappa shape index (κ1) is 12.3. The number of aliphatic hydroxyl groups excluding tert-OH is 1. The molecule has 1 unspecified atom stereocenters. The van der Waals surface area contributed by atoms with Gasteiger partial charge < -0.3 is 9.52 Å². The van der Waals surface area contributed by atoms with Crippen LogP contribution in [0.1, 0.15) is 30.1 Å². The van der Waals surface area contributed by atoms with Crippen molar-refractivity contribution in [3.8, 4) is 0 Å². The van der Waals surface area contributed by atoms with Gasteiger partial charge in [-0.1, -0.05) is 37.3 Å². The van der Waals surface area contributed by atoms with Crippen LogP contribution in [-0.2, 0) is 0 Å². The fraction of sp³-hybridized carbons (Fsp3) is 0.286. The van der Waals surface area contributed by atoms with E-state index in [1.165, 1.54) is 0 Å². The van der Waals surface area contributed by atoms with E-state index in [0.29, 0.717) is 5.76 Å². The standard InChI is InChI=1S/C14H16O2S/c1-3-17-13-9-12(16-10(13)2)14(15)11-7-5-4-6-8-11/h4-9,14-15H,3H2,1-2H3. The number of hydrogen-bond acceptors (Lipinski definition) is 3. The molecule has 0 saturated heterocycles. The van der Waals surface area contributed by atoms with Gasteiger partial charge in [0.2, 0.25) is 0 Å². The van der Waals surface area contributed by atoms with Crippen LogP contribution in [0.15, 0.2) is 45.7 Å². The van der Waals surface area contributed by atoms with Gasteiger partial charge in [0.05, 0.1) is 0 Å². The van der Waals surface area contributed by atoms with Crippen LogP contribution in [0.5, 0.6) is 0 Å². The van der Waals surface area contributed by atoms with E-state index in [1.54, 1.807) is 11.8 Å². The molecule has 17 heavy (non-hydrogen) atoms. The minimum Gasteiger partial charge on any atom is -0.462 e. The first-order valence-electron chi connectivity index (χ1n) is 5.68. The molecule has 2 nitrogen and oxygen atoms in total. The fourth-order valence-corrected chi connectivity index (χ4v) is 2.48. The predicted octanol–water partition coefficient (Wildman–Crippen LogP) is 3.78. The van der Waals surface area contributed by atoms with Crippen LogP contribution in [0, 0.1) is 6.92 Å². The average molecular weight is 248 g/mol. The maximum Gasteiger partial charge on any atom is 0.138 e. The van der Waals surface area contributed by atoms with Crippen LogP contribution < -0.4 is 0 Å². The van der Waals surface area contributed by atoms with Crippen LogP contribution in [-0.4, -0.2) is 10.9 Å². The molecule has 0 amide bonds. The van der Waals surface area contributed by atoms with Gasteiger partial charge in [-0.25, -0.2) is 0 Å². The highest BCUT2D eigenvalue weighted by atomic mass is 32.2. The molecule has 1 atom stereocenters. The third-order valence-electron chi connectivity index (χ3n) is 2.58. The van der Waals surface area contributed by atoms with Crippen molar-refractivity contribution in [2.24, 2.45) is 0 Å². The highest BCUT2D eigenvalue weighted by Crippen LogP contribution is 2.31. The Bertz CT molecular complexity index is 476. The molecule has 0 radical (unpaired) electrons. The van der Waals surface area contributed by atoms with Crippen molar-refractivity contribution < 1.29 is 9.52 Å². The number of aryl methyl sites for hydroxylation is 1. The number of aliphatic hydroxyl groups is 1. The monoisotopic (exact) mass is 248 g/mol. The third kappa shape index (κ3) is 2.73. The molecule has 2 aromatic rings. The minimum absolute atomic E-state index is 0.615. The molecule has 1 heterocycles. The summed E-state index contributed by atoms with van der Waals surface area (Å²) in [6.07, 6.45) is -0.680. The zero-order chi connectivity index (χ0) is 12.3. The van der Waals surface area contributed by atoms with Crippen molar-refractivity contribution in [2.75, 3.05) is 5.75 Å². The molecule has 3 heteroatoms. The summed E-state index contributed by atoms with van der Waals surface area (Å²) in [6, 6.07) is 11.5. The summed E-state index contributed by atoms with van der Waals surface area (Å²) < 4.78 is 5.61. The summed E-state index contributed by atoms with van der Waals surface area (Å²) in [4.78, 5) is 1.11. The summed E-state index contributed by atoms with van der Waals surface area (Å²) in [5.41, 5.74) is 0.856. The van der Waals surface area contributed by atoms with Crippen molar-refractivity contribution in [1.29, 1.82) is 0 Å². The van der Waals surface area contributed by atoms with Gasteiger partial charge in [0.1, 0.15) is 17.6 Å². The van der Waals surface area contributed by atoms with E-state index >= 15 is 0 Å². The Morgan fingerprint density at radius 2 is 2.00 bits per heavy atom. The van der Waals surface area contributed by atoms with Crippen molar-refractivity contribution in [1.82, 2.24) is 0 Å². The Kier molecular flexibility index (Phi) is 3.92. The lowest BCUT2D eigenvalue weighted by Gasteiger charge is -2.06. The second-order valence-corrected chi connectivity index (χ2v) is 5.12. The highest BCUT2D eigenvalue weighted by Gasteiger charge is 2.16. The lowest BCUT2D eigenvalue weighted by Crippen LogP contribution is -1.96. The quantitative estimate of drug-likeness (QED) is 0.836. The highest BCUT2D eigenvalue weighted by molar-refractivity contribution is 7.99. The van der Waals surface area contributed by atoms with Gasteiger partial charge in [-0.15, -0.1) is 11.8 Å². The van der Waals surface area contributed by atoms with Crippen LogP contribution >= 0.6 is 11.8 Å². The normalized spacial score (nSPS) is 12.6. The summed E-state index contributed by atoms with van der Waals surface area (Å²) in [7, 11) is 0. The van der Waals surface area contributed by atoms with Gasteiger partial charge >= 0.3 is 0 Å². The molecule has 1 aromatic heterocycles. The lowest BCUT2D eigenvalue weighted by atomic mass is 10.1. The van der Waals surface area contributed by atoms with E-state index in [-0.39, 0.29) is 0 Å².